The van der Waals surface area contributed by atoms with Crippen LogP contribution in [-0.2, 0) is 9.59 Å². The number of amides is 2. The van der Waals surface area contributed by atoms with E-state index in [0.717, 1.165) is 36.3 Å². The highest BCUT2D eigenvalue weighted by Gasteiger charge is 2.57. The Labute approximate surface area is 133 Å². The Morgan fingerprint density at radius 2 is 1.95 bits per heavy atom. The number of fused-ring (bicyclic) bond motifs is 1. The molecule has 0 unspecified atom stereocenters. The van der Waals surface area contributed by atoms with Gasteiger partial charge in [-0.2, -0.15) is 5.10 Å². The normalized spacial score (nSPS) is 29.2. The smallest absolute Gasteiger partial charge is 0.255 e. The van der Waals surface area contributed by atoms with E-state index in [-0.39, 0.29) is 17.9 Å². The van der Waals surface area contributed by atoms with Gasteiger partial charge in [0.2, 0.25) is 5.91 Å². The van der Waals surface area contributed by atoms with E-state index >= 15 is 0 Å². The third kappa shape index (κ3) is 1.93. The first-order valence-corrected chi connectivity index (χ1v) is 8.78. The van der Waals surface area contributed by atoms with Crippen molar-refractivity contribution in [2.75, 3.05) is 7.05 Å². The largest absolute Gasteiger partial charge is 0.286 e. The van der Waals surface area contributed by atoms with E-state index in [1.165, 1.54) is 6.42 Å². The van der Waals surface area contributed by atoms with Crippen molar-refractivity contribution in [3.63, 3.8) is 0 Å². The van der Waals surface area contributed by atoms with Crippen LogP contribution in [0, 0.1) is 5.92 Å². The maximum Gasteiger partial charge on any atom is 0.255 e. The first-order valence-electron chi connectivity index (χ1n) is 7.90. The summed E-state index contributed by atoms with van der Waals surface area (Å²) < 4.78 is 0. The Balaban J connectivity index is 1.67. The Bertz CT molecular complexity index is 634. The molecular weight excluding hydrogens is 298 g/mol. The molecule has 2 aliphatic heterocycles. The van der Waals surface area contributed by atoms with Gasteiger partial charge in [-0.1, -0.05) is 25.3 Å². The maximum absolute atomic E-state index is 13.0. The molecule has 0 N–H and O–H groups in total. The van der Waals surface area contributed by atoms with E-state index in [4.69, 9.17) is 0 Å². The lowest BCUT2D eigenvalue weighted by Gasteiger charge is -2.30. The van der Waals surface area contributed by atoms with Crippen LogP contribution in [0.4, 0.5) is 0 Å². The number of carbonyl (C=O) groups excluding carboxylic acids is 2. The highest BCUT2D eigenvalue weighted by molar-refractivity contribution is 7.12. The average molecular weight is 317 g/mol. The minimum Gasteiger partial charge on any atom is -0.286 e. The van der Waals surface area contributed by atoms with Crippen molar-refractivity contribution < 1.29 is 9.59 Å². The molecule has 116 valence electrons. The van der Waals surface area contributed by atoms with Gasteiger partial charge in [0.1, 0.15) is 12.0 Å². The number of likely N-dealkylation sites (tertiary alicyclic amines) is 1. The lowest BCUT2D eigenvalue weighted by molar-refractivity contribution is -0.143. The van der Waals surface area contributed by atoms with Crippen LogP contribution in [0.5, 0.6) is 0 Å². The van der Waals surface area contributed by atoms with Gasteiger partial charge in [0, 0.05) is 13.1 Å². The van der Waals surface area contributed by atoms with E-state index < -0.39 is 12.0 Å². The molecule has 22 heavy (non-hydrogen) atoms. The molecule has 1 aliphatic carbocycles. The molecule has 6 heteroatoms. The molecule has 1 aromatic rings. The summed E-state index contributed by atoms with van der Waals surface area (Å²) in [5.74, 6) is -0.517. The van der Waals surface area contributed by atoms with Gasteiger partial charge in [-0.25, -0.2) is 0 Å². The number of hydrazone groups is 1. The van der Waals surface area contributed by atoms with Gasteiger partial charge >= 0.3 is 0 Å². The topological polar surface area (TPSA) is 53.0 Å². The first-order chi connectivity index (χ1) is 10.7. The molecule has 0 spiro atoms. The summed E-state index contributed by atoms with van der Waals surface area (Å²) in [6.45, 7) is 0. The number of carbonyl (C=O) groups is 2. The van der Waals surface area contributed by atoms with Crippen molar-refractivity contribution in [3.05, 3.63) is 22.4 Å². The van der Waals surface area contributed by atoms with Gasteiger partial charge in [0.15, 0.2) is 0 Å². The lowest BCUT2D eigenvalue weighted by Crippen LogP contribution is -2.44. The molecule has 2 amide bonds. The van der Waals surface area contributed by atoms with Crippen LogP contribution in [-0.4, -0.2) is 46.6 Å². The van der Waals surface area contributed by atoms with Crippen molar-refractivity contribution in [2.45, 2.75) is 44.2 Å². The van der Waals surface area contributed by atoms with Gasteiger partial charge < -0.3 is 0 Å². The Hall–Kier alpha value is -1.69. The Morgan fingerprint density at radius 1 is 1.18 bits per heavy atom. The van der Waals surface area contributed by atoms with Gasteiger partial charge in [0.05, 0.1) is 10.6 Å². The summed E-state index contributed by atoms with van der Waals surface area (Å²) in [6.07, 6.45) is 5.33. The summed E-state index contributed by atoms with van der Waals surface area (Å²) in [6, 6.07) is 3.58. The number of hydrogen-bond acceptors (Lipinski definition) is 5. The fourth-order valence-corrected chi connectivity index (χ4v) is 4.69. The van der Waals surface area contributed by atoms with Crippen LogP contribution in [0.25, 0.3) is 0 Å². The number of rotatable bonds is 2. The molecular formula is C16H19N3O2S. The van der Waals surface area contributed by atoms with E-state index in [0.29, 0.717) is 0 Å². The van der Waals surface area contributed by atoms with Gasteiger partial charge in [-0.15, -0.1) is 11.3 Å². The van der Waals surface area contributed by atoms with Crippen LogP contribution in [0.1, 0.15) is 37.0 Å². The average Bonchev–Trinajstić information content (AvgIpc) is 3.20. The molecule has 2 atom stereocenters. The number of likely N-dealkylation sites (N-methyl/N-ethyl adjacent to an activating group) is 1. The minimum atomic E-state index is -0.438. The van der Waals surface area contributed by atoms with E-state index in [2.05, 4.69) is 5.10 Å². The second kappa shape index (κ2) is 5.19. The maximum atomic E-state index is 13.0. The summed E-state index contributed by atoms with van der Waals surface area (Å²) >= 11 is 1.57. The van der Waals surface area contributed by atoms with Crippen molar-refractivity contribution in [1.82, 2.24) is 9.91 Å². The summed E-state index contributed by atoms with van der Waals surface area (Å²) in [5.41, 5.74) is 0.763. The molecule has 2 fully saturated rings. The van der Waals surface area contributed by atoms with Crippen LogP contribution < -0.4 is 0 Å². The van der Waals surface area contributed by atoms with Crippen LogP contribution in [0.15, 0.2) is 22.6 Å². The van der Waals surface area contributed by atoms with Crippen molar-refractivity contribution in [1.29, 1.82) is 0 Å². The van der Waals surface area contributed by atoms with Gasteiger partial charge in [-0.05, 0) is 24.3 Å². The van der Waals surface area contributed by atoms with Crippen molar-refractivity contribution in [3.8, 4) is 0 Å². The highest BCUT2D eigenvalue weighted by Crippen LogP contribution is 2.37. The molecule has 3 aliphatic rings. The summed E-state index contributed by atoms with van der Waals surface area (Å²) in [7, 11) is 1.80. The summed E-state index contributed by atoms with van der Waals surface area (Å²) in [5, 5.41) is 8.15. The molecule has 1 saturated heterocycles. The molecule has 1 aromatic heterocycles. The van der Waals surface area contributed by atoms with Gasteiger partial charge in [0.25, 0.3) is 5.91 Å². The number of imide groups is 1. The van der Waals surface area contributed by atoms with Crippen LogP contribution in [0.2, 0.25) is 0 Å². The third-order valence-corrected chi connectivity index (χ3v) is 5.88. The van der Waals surface area contributed by atoms with Gasteiger partial charge in [-0.3, -0.25) is 19.5 Å². The molecule has 5 nitrogen and oxygen atoms in total. The molecule has 3 heterocycles. The number of hydrogen-bond donors (Lipinski definition) is 0. The monoisotopic (exact) mass is 317 g/mol. The van der Waals surface area contributed by atoms with E-state index in [1.54, 1.807) is 28.3 Å². The van der Waals surface area contributed by atoms with Crippen molar-refractivity contribution in [2.24, 2.45) is 11.0 Å². The number of nitrogens with zero attached hydrogens (tertiary/aromatic N) is 3. The second-order valence-corrected chi connectivity index (χ2v) is 7.24. The molecule has 4 rings (SSSR count). The van der Waals surface area contributed by atoms with Crippen molar-refractivity contribution >= 4 is 28.9 Å². The molecule has 1 saturated carbocycles. The molecule has 0 bridgehead atoms. The lowest BCUT2D eigenvalue weighted by atomic mass is 9.94. The standard InChI is InChI=1S/C16H19N3O2S/c1-18-14-12(13(17-18)11-8-5-9-22-11)15(20)19(16(14)21)10-6-3-2-4-7-10/h5,8-10,12,14H,2-4,6-7H2,1H3/t12-,14-/m0/s1. The number of thiophene rings is 1. The quantitative estimate of drug-likeness (QED) is 0.785. The first kappa shape index (κ1) is 13.9. The second-order valence-electron chi connectivity index (χ2n) is 6.30. The predicted molar refractivity (Wildman–Crippen MR) is 84.6 cm³/mol. The summed E-state index contributed by atoms with van der Waals surface area (Å²) in [4.78, 5) is 28.3. The van der Waals surface area contributed by atoms with E-state index in [9.17, 15) is 9.59 Å². The van der Waals surface area contributed by atoms with Crippen LogP contribution in [0.3, 0.4) is 0 Å². The van der Waals surface area contributed by atoms with Crippen LogP contribution >= 0.6 is 11.3 Å². The Morgan fingerprint density at radius 3 is 2.64 bits per heavy atom. The zero-order valence-corrected chi connectivity index (χ0v) is 13.4. The SMILES string of the molecule is CN1N=C(c2cccs2)[C@@H]2C(=O)N(C3CCCCC3)C(=O)[C@H]21. The predicted octanol–water partition coefficient (Wildman–Crippen LogP) is 2.08. The zero-order valence-electron chi connectivity index (χ0n) is 12.6. The fraction of sp³-hybridized carbons (Fsp3) is 0.562. The Kier molecular flexibility index (Phi) is 3.29. The van der Waals surface area contributed by atoms with E-state index in [1.807, 2.05) is 17.5 Å². The zero-order chi connectivity index (χ0) is 15.3. The third-order valence-electron chi connectivity index (χ3n) is 4.99. The minimum absolute atomic E-state index is 0.0431. The fourth-order valence-electron chi connectivity index (χ4n) is 3.94. The molecule has 0 aromatic carbocycles. The molecule has 0 radical (unpaired) electrons. The highest BCUT2D eigenvalue weighted by atomic mass is 32.1.